The Kier molecular flexibility index (Phi) is 6.46. The van der Waals surface area contributed by atoms with E-state index in [1.807, 2.05) is 37.3 Å². The van der Waals surface area contributed by atoms with Gasteiger partial charge in [-0.2, -0.15) is 5.10 Å². The molecule has 31 heavy (non-hydrogen) atoms. The second-order valence-corrected chi connectivity index (χ2v) is 8.01. The maximum atomic E-state index is 12.3. The van der Waals surface area contributed by atoms with Crippen LogP contribution in [0.4, 0.5) is 0 Å². The number of benzene rings is 2. The highest BCUT2D eigenvalue weighted by molar-refractivity contribution is 5.90. The molecule has 6 nitrogen and oxygen atoms in total. The van der Waals surface area contributed by atoms with Gasteiger partial charge in [0.25, 0.3) is 5.91 Å². The van der Waals surface area contributed by atoms with Crippen LogP contribution in [-0.2, 0) is 28.9 Å². The smallest absolute Gasteiger partial charge is 0.341 e. The molecule has 1 unspecified atom stereocenters. The van der Waals surface area contributed by atoms with Gasteiger partial charge in [-0.05, 0) is 54.9 Å². The summed E-state index contributed by atoms with van der Waals surface area (Å²) in [6.45, 7) is 2.18. The zero-order valence-electron chi connectivity index (χ0n) is 17.7. The summed E-state index contributed by atoms with van der Waals surface area (Å²) in [5.41, 5.74) is 5.27. The zero-order valence-corrected chi connectivity index (χ0v) is 17.7. The van der Waals surface area contributed by atoms with Crippen molar-refractivity contribution >= 4 is 11.9 Å². The van der Waals surface area contributed by atoms with Crippen LogP contribution in [0.5, 0.6) is 0 Å². The van der Waals surface area contributed by atoms with Gasteiger partial charge < -0.3 is 10.1 Å². The molecule has 6 heteroatoms. The third-order valence-corrected chi connectivity index (χ3v) is 5.64. The fourth-order valence-electron chi connectivity index (χ4n) is 3.93. The summed E-state index contributed by atoms with van der Waals surface area (Å²) in [4.78, 5) is 24.6. The van der Waals surface area contributed by atoms with Gasteiger partial charge in [0.15, 0.2) is 6.61 Å². The van der Waals surface area contributed by atoms with Crippen LogP contribution < -0.4 is 5.32 Å². The van der Waals surface area contributed by atoms with Gasteiger partial charge in [0, 0.05) is 6.20 Å². The predicted octanol–water partition coefficient (Wildman–Crippen LogP) is 3.84. The molecule has 0 fully saturated rings. The molecular weight excluding hydrogens is 390 g/mol. The number of hydrogen-bond donors (Lipinski definition) is 1. The molecule has 1 atom stereocenters. The van der Waals surface area contributed by atoms with E-state index in [2.05, 4.69) is 28.6 Å². The van der Waals surface area contributed by atoms with E-state index in [9.17, 15) is 9.59 Å². The molecule has 2 aromatic carbocycles. The van der Waals surface area contributed by atoms with Crippen LogP contribution in [0.3, 0.4) is 0 Å². The minimum absolute atomic E-state index is 0.146. The molecule has 4 rings (SSSR count). The van der Waals surface area contributed by atoms with Crippen LogP contribution in [0.2, 0.25) is 0 Å². The second-order valence-electron chi connectivity index (χ2n) is 8.01. The normalized spacial score (nSPS) is 13.8. The monoisotopic (exact) mass is 417 g/mol. The number of nitrogens with one attached hydrogen (secondary N) is 1. The Hall–Kier alpha value is -3.41. The average molecular weight is 418 g/mol. The highest BCUT2D eigenvalue weighted by atomic mass is 16.5. The van der Waals surface area contributed by atoms with Crippen molar-refractivity contribution in [1.82, 2.24) is 15.1 Å². The number of ether oxygens (including phenoxy) is 1. The molecule has 1 heterocycles. The van der Waals surface area contributed by atoms with Crippen molar-refractivity contribution in [3.05, 3.63) is 88.7 Å². The first-order valence-electron chi connectivity index (χ1n) is 10.7. The van der Waals surface area contributed by atoms with Gasteiger partial charge in [0.05, 0.1) is 24.3 Å². The lowest BCUT2D eigenvalue weighted by atomic mass is 9.89. The van der Waals surface area contributed by atoms with E-state index in [0.717, 1.165) is 24.0 Å². The maximum Gasteiger partial charge on any atom is 0.341 e. The quantitative estimate of drug-likeness (QED) is 0.593. The number of amides is 1. The molecule has 1 aromatic heterocycles. The molecule has 0 aliphatic heterocycles. The second kappa shape index (κ2) is 9.60. The topological polar surface area (TPSA) is 73.2 Å². The van der Waals surface area contributed by atoms with Gasteiger partial charge in [0.2, 0.25) is 0 Å². The summed E-state index contributed by atoms with van der Waals surface area (Å²) in [7, 11) is 0. The summed E-state index contributed by atoms with van der Waals surface area (Å²) in [6.07, 6.45) is 7.78. The lowest BCUT2D eigenvalue weighted by Crippen LogP contribution is -2.31. The summed E-state index contributed by atoms with van der Waals surface area (Å²) in [5, 5.41) is 7.11. The fraction of sp³-hybridized carbons (Fsp3) is 0.320. The van der Waals surface area contributed by atoms with Crippen LogP contribution in [-0.4, -0.2) is 28.3 Å². The highest BCUT2D eigenvalue weighted by Crippen LogP contribution is 2.24. The van der Waals surface area contributed by atoms with E-state index < -0.39 is 5.97 Å². The van der Waals surface area contributed by atoms with Crippen LogP contribution in [0.1, 0.15) is 58.4 Å². The number of hydrogen-bond acceptors (Lipinski definition) is 4. The highest BCUT2D eigenvalue weighted by Gasteiger charge is 2.16. The van der Waals surface area contributed by atoms with Gasteiger partial charge >= 0.3 is 5.97 Å². The molecule has 0 bridgehead atoms. The van der Waals surface area contributed by atoms with Gasteiger partial charge in [-0.15, -0.1) is 0 Å². The predicted molar refractivity (Wildman–Crippen MR) is 118 cm³/mol. The first-order valence-corrected chi connectivity index (χ1v) is 10.7. The van der Waals surface area contributed by atoms with E-state index in [0.29, 0.717) is 12.1 Å². The molecule has 1 N–H and O–H groups in total. The van der Waals surface area contributed by atoms with E-state index in [1.165, 1.54) is 30.2 Å². The third-order valence-electron chi connectivity index (χ3n) is 5.64. The summed E-state index contributed by atoms with van der Waals surface area (Å²) in [5.74, 6) is -0.883. The minimum atomic E-state index is -0.559. The third kappa shape index (κ3) is 5.40. The van der Waals surface area contributed by atoms with Gasteiger partial charge in [-0.3, -0.25) is 9.48 Å². The Morgan fingerprint density at radius 3 is 2.68 bits per heavy atom. The molecule has 1 amide bonds. The molecule has 160 valence electrons. The van der Waals surface area contributed by atoms with E-state index in [1.54, 1.807) is 10.9 Å². The fourth-order valence-corrected chi connectivity index (χ4v) is 3.93. The van der Waals surface area contributed by atoms with Crippen LogP contribution in [0.25, 0.3) is 0 Å². The molecule has 0 radical (unpaired) electrons. The number of esters is 1. The van der Waals surface area contributed by atoms with Crippen molar-refractivity contribution in [2.75, 3.05) is 6.61 Å². The van der Waals surface area contributed by atoms with Crippen molar-refractivity contribution < 1.29 is 14.3 Å². The number of nitrogens with zero attached hydrogens (tertiary/aromatic N) is 2. The number of rotatable bonds is 7. The maximum absolute atomic E-state index is 12.3. The van der Waals surface area contributed by atoms with Crippen molar-refractivity contribution in [2.24, 2.45) is 0 Å². The number of carbonyl (C=O) groups is 2. The standard InChI is InChI=1S/C25H27N3O3/c1-18(21-12-11-20-9-5-6-10-22(20)13-21)27-24(29)17-31-25(30)23-14-26-28(16-23)15-19-7-3-2-4-8-19/h2-4,7-8,11-14,16,18H,5-6,9-10,15,17H2,1H3,(H,27,29). The van der Waals surface area contributed by atoms with Gasteiger partial charge in [0.1, 0.15) is 0 Å². The van der Waals surface area contributed by atoms with Crippen molar-refractivity contribution in [3.63, 3.8) is 0 Å². The molecular formula is C25H27N3O3. The van der Waals surface area contributed by atoms with E-state index in [4.69, 9.17) is 4.74 Å². The summed E-state index contributed by atoms with van der Waals surface area (Å²) >= 11 is 0. The Morgan fingerprint density at radius 2 is 1.87 bits per heavy atom. The number of fused-ring (bicyclic) bond motifs is 1. The number of carbonyl (C=O) groups excluding carboxylic acids is 2. The van der Waals surface area contributed by atoms with Crippen LogP contribution in [0.15, 0.2) is 60.9 Å². The summed E-state index contributed by atoms with van der Waals surface area (Å²) in [6, 6.07) is 16.1. The Morgan fingerprint density at radius 1 is 1.10 bits per heavy atom. The lowest BCUT2D eigenvalue weighted by Gasteiger charge is -2.20. The zero-order chi connectivity index (χ0) is 21.6. The molecule has 0 saturated carbocycles. The van der Waals surface area contributed by atoms with Crippen LogP contribution >= 0.6 is 0 Å². The van der Waals surface area contributed by atoms with Crippen molar-refractivity contribution in [2.45, 2.75) is 45.2 Å². The molecule has 1 aliphatic carbocycles. The van der Waals surface area contributed by atoms with Crippen molar-refractivity contribution in [1.29, 1.82) is 0 Å². The van der Waals surface area contributed by atoms with E-state index >= 15 is 0 Å². The Balaban J connectivity index is 1.27. The number of aromatic nitrogens is 2. The van der Waals surface area contributed by atoms with E-state index in [-0.39, 0.29) is 18.6 Å². The van der Waals surface area contributed by atoms with Gasteiger partial charge in [-0.1, -0.05) is 48.5 Å². The first-order chi connectivity index (χ1) is 15.1. The lowest BCUT2D eigenvalue weighted by molar-refractivity contribution is -0.124. The number of aryl methyl sites for hydroxylation is 2. The average Bonchev–Trinajstić information content (AvgIpc) is 3.26. The SMILES string of the molecule is CC(NC(=O)COC(=O)c1cnn(Cc2ccccc2)c1)c1ccc2c(c1)CCCC2. The molecule has 3 aromatic rings. The minimum Gasteiger partial charge on any atom is -0.452 e. The molecule has 0 spiro atoms. The first kappa shape index (κ1) is 20.8. The largest absolute Gasteiger partial charge is 0.452 e. The molecule has 0 saturated heterocycles. The Labute approximate surface area is 182 Å². The van der Waals surface area contributed by atoms with Crippen LogP contribution in [0, 0.1) is 0 Å². The Bertz CT molecular complexity index is 1060. The van der Waals surface area contributed by atoms with Gasteiger partial charge in [-0.25, -0.2) is 4.79 Å². The molecule has 1 aliphatic rings. The summed E-state index contributed by atoms with van der Waals surface area (Å²) < 4.78 is 6.85. The van der Waals surface area contributed by atoms with Crippen molar-refractivity contribution in [3.8, 4) is 0 Å².